The summed E-state index contributed by atoms with van der Waals surface area (Å²) >= 11 is 0. The fourth-order valence-corrected chi connectivity index (χ4v) is 0.806. The SMILES string of the molecule is [N-]=[N+]=NCCOc1cccc(F)c1. The van der Waals surface area contributed by atoms with E-state index in [0.29, 0.717) is 5.75 Å². The van der Waals surface area contributed by atoms with Crippen LogP contribution < -0.4 is 4.74 Å². The Balaban J connectivity index is 2.40. The number of nitrogens with zero attached hydrogens (tertiary/aromatic N) is 3. The Morgan fingerprint density at radius 3 is 3.08 bits per heavy atom. The first-order valence-corrected chi connectivity index (χ1v) is 3.72. The third kappa shape index (κ3) is 3.44. The van der Waals surface area contributed by atoms with Gasteiger partial charge < -0.3 is 4.74 Å². The predicted molar refractivity (Wildman–Crippen MR) is 45.9 cm³/mol. The van der Waals surface area contributed by atoms with Crippen LogP contribution in [0.2, 0.25) is 0 Å². The molecule has 0 heterocycles. The average Bonchev–Trinajstić information content (AvgIpc) is 2.13. The van der Waals surface area contributed by atoms with Crippen molar-refractivity contribution in [1.82, 2.24) is 0 Å². The van der Waals surface area contributed by atoms with E-state index in [0.717, 1.165) is 0 Å². The van der Waals surface area contributed by atoms with Crippen LogP contribution in [0.4, 0.5) is 4.39 Å². The van der Waals surface area contributed by atoms with Gasteiger partial charge >= 0.3 is 0 Å². The van der Waals surface area contributed by atoms with Crippen molar-refractivity contribution >= 4 is 0 Å². The third-order valence-electron chi connectivity index (χ3n) is 1.32. The quantitative estimate of drug-likeness (QED) is 0.304. The van der Waals surface area contributed by atoms with Crippen LogP contribution in [0.15, 0.2) is 29.4 Å². The number of rotatable bonds is 4. The van der Waals surface area contributed by atoms with Gasteiger partial charge in [-0.2, -0.15) is 0 Å². The summed E-state index contributed by atoms with van der Waals surface area (Å²) < 4.78 is 17.7. The van der Waals surface area contributed by atoms with Gasteiger partial charge in [-0.25, -0.2) is 4.39 Å². The maximum Gasteiger partial charge on any atom is 0.126 e. The lowest BCUT2D eigenvalue weighted by molar-refractivity contribution is 0.326. The molecule has 1 aromatic carbocycles. The van der Waals surface area contributed by atoms with Crippen molar-refractivity contribution < 1.29 is 9.13 Å². The Bertz CT molecular complexity index is 323. The molecule has 0 amide bonds. The van der Waals surface area contributed by atoms with E-state index in [1.54, 1.807) is 12.1 Å². The molecule has 0 bridgehead atoms. The predicted octanol–water partition coefficient (Wildman–Crippen LogP) is 2.51. The smallest absolute Gasteiger partial charge is 0.126 e. The van der Waals surface area contributed by atoms with E-state index in [1.807, 2.05) is 0 Å². The van der Waals surface area contributed by atoms with Gasteiger partial charge in [0.15, 0.2) is 0 Å². The molecule has 0 aromatic heterocycles. The van der Waals surface area contributed by atoms with E-state index in [4.69, 9.17) is 10.3 Å². The molecule has 0 aliphatic rings. The fraction of sp³-hybridized carbons (Fsp3) is 0.250. The molecule has 0 atom stereocenters. The largest absolute Gasteiger partial charge is 0.493 e. The molecule has 68 valence electrons. The monoisotopic (exact) mass is 181 g/mol. The standard InChI is InChI=1S/C8H8FN3O/c9-7-2-1-3-8(6-7)13-5-4-11-12-10/h1-3,6H,4-5H2. The van der Waals surface area contributed by atoms with Gasteiger partial charge in [0.2, 0.25) is 0 Å². The van der Waals surface area contributed by atoms with Crippen molar-refractivity contribution in [2.75, 3.05) is 13.2 Å². The number of azide groups is 1. The van der Waals surface area contributed by atoms with Crippen molar-refractivity contribution in [3.63, 3.8) is 0 Å². The molecule has 4 nitrogen and oxygen atoms in total. The lowest BCUT2D eigenvalue weighted by atomic mass is 10.3. The van der Waals surface area contributed by atoms with Crippen LogP contribution >= 0.6 is 0 Å². The second kappa shape index (κ2) is 5.00. The summed E-state index contributed by atoms with van der Waals surface area (Å²) in [4.78, 5) is 2.56. The van der Waals surface area contributed by atoms with Crippen LogP contribution in [0.25, 0.3) is 10.4 Å². The molecular formula is C8H8FN3O. The summed E-state index contributed by atoms with van der Waals surface area (Å²) in [5, 5.41) is 3.27. The fourth-order valence-electron chi connectivity index (χ4n) is 0.806. The van der Waals surface area contributed by atoms with Crippen molar-refractivity contribution in [3.8, 4) is 5.75 Å². The summed E-state index contributed by atoms with van der Waals surface area (Å²) in [7, 11) is 0. The van der Waals surface area contributed by atoms with Crippen molar-refractivity contribution in [1.29, 1.82) is 0 Å². The number of benzene rings is 1. The molecule has 5 heteroatoms. The molecule has 0 aliphatic carbocycles. The summed E-state index contributed by atoms with van der Waals surface area (Å²) in [5.74, 6) is 0.0921. The van der Waals surface area contributed by atoms with Gasteiger partial charge in [0.05, 0.1) is 13.2 Å². The zero-order chi connectivity index (χ0) is 9.52. The van der Waals surface area contributed by atoms with E-state index < -0.39 is 0 Å². The number of hydrogen-bond acceptors (Lipinski definition) is 2. The molecule has 0 N–H and O–H groups in total. The minimum atomic E-state index is -0.346. The normalized spacial score (nSPS) is 9.00. The van der Waals surface area contributed by atoms with Crippen molar-refractivity contribution in [3.05, 3.63) is 40.5 Å². The second-order valence-corrected chi connectivity index (χ2v) is 2.26. The average molecular weight is 181 g/mol. The first-order chi connectivity index (χ1) is 6.33. The van der Waals surface area contributed by atoms with E-state index in [1.165, 1.54) is 12.1 Å². The Kier molecular flexibility index (Phi) is 3.60. The summed E-state index contributed by atoms with van der Waals surface area (Å²) in [6.07, 6.45) is 0. The molecule has 0 saturated carbocycles. The Morgan fingerprint density at radius 2 is 2.38 bits per heavy atom. The van der Waals surface area contributed by atoms with Crippen LogP contribution in [-0.2, 0) is 0 Å². The zero-order valence-corrected chi connectivity index (χ0v) is 6.85. The van der Waals surface area contributed by atoms with E-state index in [2.05, 4.69) is 10.0 Å². The number of halogens is 1. The molecule has 0 unspecified atom stereocenters. The maximum atomic E-state index is 12.6. The van der Waals surface area contributed by atoms with Crippen LogP contribution in [0.3, 0.4) is 0 Å². The van der Waals surface area contributed by atoms with E-state index in [9.17, 15) is 4.39 Å². The third-order valence-corrected chi connectivity index (χ3v) is 1.32. The van der Waals surface area contributed by atoms with Gasteiger partial charge in [-0.15, -0.1) is 0 Å². The van der Waals surface area contributed by atoms with E-state index in [-0.39, 0.29) is 19.0 Å². The molecule has 0 fully saturated rings. The summed E-state index contributed by atoms with van der Waals surface area (Å²) in [6.45, 7) is 0.501. The summed E-state index contributed by atoms with van der Waals surface area (Å²) in [6, 6.07) is 5.80. The minimum absolute atomic E-state index is 0.243. The number of ether oxygens (including phenoxy) is 1. The Labute approximate surface area is 74.6 Å². The highest BCUT2D eigenvalue weighted by Crippen LogP contribution is 2.11. The van der Waals surface area contributed by atoms with Gasteiger partial charge in [0.25, 0.3) is 0 Å². The highest BCUT2D eigenvalue weighted by atomic mass is 19.1. The molecule has 0 saturated heterocycles. The molecule has 13 heavy (non-hydrogen) atoms. The van der Waals surface area contributed by atoms with Gasteiger partial charge in [-0.3, -0.25) is 0 Å². The van der Waals surface area contributed by atoms with Gasteiger partial charge in [0.1, 0.15) is 11.6 Å². The van der Waals surface area contributed by atoms with Gasteiger partial charge in [-0.05, 0) is 17.7 Å². The molecular weight excluding hydrogens is 173 g/mol. The zero-order valence-electron chi connectivity index (χ0n) is 6.85. The second-order valence-electron chi connectivity index (χ2n) is 2.26. The lowest BCUT2D eigenvalue weighted by Crippen LogP contribution is -2.00. The van der Waals surface area contributed by atoms with Crippen LogP contribution in [0.1, 0.15) is 0 Å². The highest BCUT2D eigenvalue weighted by molar-refractivity contribution is 5.22. The van der Waals surface area contributed by atoms with Gasteiger partial charge in [-0.1, -0.05) is 11.2 Å². The topological polar surface area (TPSA) is 58.0 Å². The summed E-state index contributed by atoms with van der Waals surface area (Å²) in [5.41, 5.74) is 7.95. The lowest BCUT2D eigenvalue weighted by Gasteiger charge is -2.02. The molecule has 0 aliphatic heterocycles. The Morgan fingerprint density at radius 1 is 1.54 bits per heavy atom. The van der Waals surface area contributed by atoms with Crippen molar-refractivity contribution in [2.45, 2.75) is 0 Å². The Hall–Kier alpha value is -1.74. The first kappa shape index (κ1) is 9.35. The maximum absolute atomic E-state index is 12.6. The molecule has 0 radical (unpaired) electrons. The van der Waals surface area contributed by atoms with Gasteiger partial charge in [0, 0.05) is 11.0 Å². The van der Waals surface area contributed by atoms with E-state index >= 15 is 0 Å². The molecule has 1 aromatic rings. The van der Waals surface area contributed by atoms with Crippen molar-refractivity contribution in [2.24, 2.45) is 5.11 Å². The number of hydrogen-bond donors (Lipinski definition) is 0. The van der Waals surface area contributed by atoms with Crippen LogP contribution in [0, 0.1) is 5.82 Å². The minimum Gasteiger partial charge on any atom is -0.493 e. The first-order valence-electron chi connectivity index (χ1n) is 3.72. The molecule has 0 spiro atoms. The van der Waals surface area contributed by atoms with Crippen LogP contribution in [-0.4, -0.2) is 13.2 Å². The molecule has 1 rings (SSSR count). The van der Waals surface area contributed by atoms with Crippen LogP contribution in [0.5, 0.6) is 5.75 Å². The highest BCUT2D eigenvalue weighted by Gasteiger charge is 1.94.